The molecule has 0 fully saturated rings. The summed E-state index contributed by atoms with van der Waals surface area (Å²) in [7, 11) is 0. The normalized spacial score (nSPS) is 12.9. The minimum atomic E-state index is -0.397. The van der Waals surface area contributed by atoms with Gasteiger partial charge in [0.05, 0.1) is 6.10 Å². The Labute approximate surface area is 104 Å². The molecule has 0 aliphatic heterocycles. The average molecular weight is 260 g/mol. The van der Waals surface area contributed by atoms with Crippen molar-refractivity contribution in [2.45, 2.75) is 27.7 Å². The number of aliphatic hydroxyl groups is 1. The van der Waals surface area contributed by atoms with Gasteiger partial charge in [0.15, 0.2) is 0 Å². The molecule has 0 amide bonds. The summed E-state index contributed by atoms with van der Waals surface area (Å²) in [6.45, 7) is 1.83. The van der Waals surface area contributed by atoms with Crippen LogP contribution >= 0.6 is 35.3 Å². The minimum Gasteiger partial charge on any atom is -0.389 e. The Morgan fingerprint density at radius 1 is 1.00 bits per heavy atom. The first kappa shape index (κ1) is 13.3. The van der Waals surface area contributed by atoms with Crippen LogP contribution in [-0.2, 0) is 0 Å². The highest BCUT2D eigenvalue weighted by atomic mass is 32.2. The summed E-state index contributed by atoms with van der Waals surface area (Å²) in [6.07, 6.45) is 5.78. The van der Waals surface area contributed by atoms with E-state index < -0.39 is 6.10 Å². The molecule has 0 radical (unpaired) electrons. The van der Waals surface area contributed by atoms with E-state index >= 15 is 0 Å². The molecule has 1 atom stereocenters. The van der Waals surface area contributed by atoms with Crippen molar-refractivity contribution in [1.29, 1.82) is 0 Å². The van der Waals surface area contributed by atoms with E-state index in [4.69, 9.17) is 0 Å². The molecular formula is C11H16OS3. The molecule has 15 heavy (non-hydrogen) atoms. The van der Waals surface area contributed by atoms with Gasteiger partial charge in [-0.15, -0.1) is 35.3 Å². The first-order chi connectivity index (χ1) is 7.13. The fourth-order valence-electron chi connectivity index (χ4n) is 1.44. The quantitative estimate of drug-likeness (QED) is 0.828. The lowest BCUT2D eigenvalue weighted by Gasteiger charge is -2.16. The molecule has 1 aromatic carbocycles. The topological polar surface area (TPSA) is 20.2 Å². The van der Waals surface area contributed by atoms with Crippen molar-refractivity contribution in [3.8, 4) is 0 Å². The van der Waals surface area contributed by atoms with E-state index in [0.717, 1.165) is 5.56 Å². The third kappa shape index (κ3) is 3.09. The predicted molar refractivity (Wildman–Crippen MR) is 72.4 cm³/mol. The van der Waals surface area contributed by atoms with Gasteiger partial charge in [-0.25, -0.2) is 0 Å². The van der Waals surface area contributed by atoms with Gasteiger partial charge in [0.1, 0.15) is 0 Å². The Bertz CT molecular complexity index is 312. The van der Waals surface area contributed by atoms with Crippen LogP contribution in [0.3, 0.4) is 0 Å². The molecule has 0 spiro atoms. The Morgan fingerprint density at radius 2 is 1.47 bits per heavy atom. The maximum Gasteiger partial charge on any atom is 0.0783 e. The fourth-order valence-corrected chi connectivity index (χ4v) is 3.62. The van der Waals surface area contributed by atoms with Crippen LogP contribution in [-0.4, -0.2) is 23.9 Å². The molecule has 0 saturated carbocycles. The summed E-state index contributed by atoms with van der Waals surface area (Å²) in [5, 5.41) is 9.78. The third-order valence-corrected chi connectivity index (χ3v) is 4.43. The Morgan fingerprint density at radius 3 is 1.73 bits per heavy atom. The van der Waals surface area contributed by atoms with Crippen LogP contribution in [0.5, 0.6) is 0 Å². The average Bonchev–Trinajstić information content (AvgIpc) is 2.26. The maximum absolute atomic E-state index is 9.78. The van der Waals surface area contributed by atoms with Gasteiger partial charge in [-0.3, -0.25) is 0 Å². The number of thioether (sulfide) groups is 3. The molecule has 1 unspecified atom stereocenters. The number of aliphatic hydroxyl groups excluding tert-OH is 1. The molecular weight excluding hydrogens is 244 g/mol. The van der Waals surface area contributed by atoms with Crippen molar-refractivity contribution in [3.05, 3.63) is 17.7 Å². The Kier molecular flexibility index (Phi) is 5.39. The van der Waals surface area contributed by atoms with E-state index in [9.17, 15) is 5.11 Å². The van der Waals surface area contributed by atoms with Gasteiger partial charge in [0.2, 0.25) is 0 Å². The van der Waals surface area contributed by atoms with Crippen LogP contribution in [0.1, 0.15) is 18.6 Å². The van der Waals surface area contributed by atoms with Crippen LogP contribution in [0.2, 0.25) is 0 Å². The molecule has 1 nitrogen and oxygen atoms in total. The van der Waals surface area contributed by atoms with Crippen molar-refractivity contribution >= 4 is 35.3 Å². The zero-order chi connectivity index (χ0) is 11.4. The number of hydrogen-bond donors (Lipinski definition) is 1. The van der Waals surface area contributed by atoms with Crippen LogP contribution in [0.15, 0.2) is 26.8 Å². The predicted octanol–water partition coefficient (Wildman–Crippen LogP) is 3.91. The minimum absolute atomic E-state index is 0.397. The molecule has 4 heteroatoms. The summed E-state index contributed by atoms with van der Waals surface area (Å²) >= 11 is 5.13. The maximum atomic E-state index is 9.78. The molecule has 0 aliphatic rings. The highest BCUT2D eigenvalue weighted by Gasteiger charge is 2.14. The lowest BCUT2D eigenvalue weighted by molar-refractivity contribution is 0.193. The fraction of sp³-hybridized carbons (Fsp3) is 0.455. The van der Waals surface area contributed by atoms with Crippen molar-refractivity contribution in [2.75, 3.05) is 18.8 Å². The second-order valence-electron chi connectivity index (χ2n) is 3.12. The number of benzene rings is 1. The summed E-state index contributed by atoms with van der Waals surface area (Å²) in [5.41, 5.74) is 1.06. The summed E-state index contributed by atoms with van der Waals surface area (Å²) in [4.78, 5) is 3.62. The first-order valence-corrected chi connectivity index (χ1v) is 8.29. The standard InChI is InChI=1S/C11H16OS3/c1-7(12)11-9(14-3)5-8(13-2)6-10(11)15-4/h5-7,12H,1-4H3. The molecule has 1 aromatic rings. The molecule has 0 bridgehead atoms. The van der Waals surface area contributed by atoms with Gasteiger partial charge >= 0.3 is 0 Å². The van der Waals surface area contributed by atoms with Crippen molar-refractivity contribution in [3.63, 3.8) is 0 Å². The Balaban J connectivity index is 3.32. The second kappa shape index (κ2) is 6.09. The van der Waals surface area contributed by atoms with E-state index in [-0.39, 0.29) is 0 Å². The van der Waals surface area contributed by atoms with E-state index in [1.807, 2.05) is 6.92 Å². The van der Waals surface area contributed by atoms with Gasteiger partial charge < -0.3 is 5.11 Å². The van der Waals surface area contributed by atoms with Crippen LogP contribution in [0.4, 0.5) is 0 Å². The molecule has 1 rings (SSSR count). The molecule has 1 N–H and O–H groups in total. The summed E-state index contributed by atoms with van der Waals surface area (Å²) in [5.74, 6) is 0. The van der Waals surface area contributed by atoms with E-state index in [2.05, 4.69) is 30.9 Å². The Hall–Kier alpha value is 0.230. The second-order valence-corrected chi connectivity index (χ2v) is 5.70. The van der Waals surface area contributed by atoms with Crippen molar-refractivity contribution in [1.82, 2.24) is 0 Å². The van der Waals surface area contributed by atoms with E-state index in [0.29, 0.717) is 0 Å². The van der Waals surface area contributed by atoms with Gasteiger partial charge in [-0.2, -0.15) is 0 Å². The lowest BCUT2D eigenvalue weighted by Crippen LogP contribution is -1.97. The molecule has 0 heterocycles. The molecule has 84 valence electrons. The van der Waals surface area contributed by atoms with Crippen LogP contribution < -0.4 is 0 Å². The molecule has 0 aliphatic carbocycles. The monoisotopic (exact) mass is 260 g/mol. The van der Waals surface area contributed by atoms with Crippen molar-refractivity contribution in [2.24, 2.45) is 0 Å². The summed E-state index contributed by atoms with van der Waals surface area (Å²) < 4.78 is 0. The van der Waals surface area contributed by atoms with Gasteiger partial charge in [-0.05, 0) is 37.8 Å². The zero-order valence-corrected chi connectivity index (χ0v) is 11.9. The smallest absolute Gasteiger partial charge is 0.0783 e. The van der Waals surface area contributed by atoms with Gasteiger partial charge in [0.25, 0.3) is 0 Å². The van der Waals surface area contributed by atoms with E-state index in [1.165, 1.54) is 14.7 Å². The number of rotatable bonds is 4. The largest absolute Gasteiger partial charge is 0.389 e. The van der Waals surface area contributed by atoms with Gasteiger partial charge in [0, 0.05) is 20.2 Å². The third-order valence-electron chi connectivity index (χ3n) is 2.17. The zero-order valence-electron chi connectivity index (χ0n) is 9.40. The number of hydrogen-bond acceptors (Lipinski definition) is 4. The van der Waals surface area contributed by atoms with Gasteiger partial charge in [-0.1, -0.05) is 0 Å². The lowest BCUT2D eigenvalue weighted by atomic mass is 10.1. The highest BCUT2D eigenvalue weighted by molar-refractivity contribution is 8.00. The van der Waals surface area contributed by atoms with Crippen LogP contribution in [0, 0.1) is 0 Å². The van der Waals surface area contributed by atoms with Crippen LogP contribution in [0.25, 0.3) is 0 Å². The highest BCUT2D eigenvalue weighted by Crippen LogP contribution is 2.37. The van der Waals surface area contributed by atoms with Crippen molar-refractivity contribution < 1.29 is 5.11 Å². The summed E-state index contributed by atoms with van der Waals surface area (Å²) in [6, 6.07) is 4.30. The first-order valence-electron chi connectivity index (χ1n) is 4.62. The molecule has 0 saturated heterocycles. The van der Waals surface area contributed by atoms with E-state index in [1.54, 1.807) is 35.3 Å². The SMILES string of the molecule is CSc1cc(SC)c(C(C)O)c(SC)c1. The molecule has 0 aromatic heterocycles.